The van der Waals surface area contributed by atoms with Crippen molar-refractivity contribution >= 4 is 6.29 Å². The van der Waals surface area contributed by atoms with E-state index in [-0.39, 0.29) is 35.3 Å². The number of hydrogen-bond donors (Lipinski definition) is 0. The lowest BCUT2D eigenvalue weighted by atomic mass is 9.89. The first-order valence-electron chi connectivity index (χ1n) is 7.51. The summed E-state index contributed by atoms with van der Waals surface area (Å²) >= 11 is 0. The van der Waals surface area contributed by atoms with Crippen molar-refractivity contribution in [3.8, 4) is 16.9 Å². The first-order valence-corrected chi connectivity index (χ1v) is 7.51. The molecule has 0 aliphatic rings. The van der Waals surface area contributed by atoms with Gasteiger partial charge in [0.2, 0.25) is 0 Å². The van der Waals surface area contributed by atoms with Crippen molar-refractivity contribution < 1.29 is 35.9 Å². The van der Waals surface area contributed by atoms with Crippen LogP contribution in [-0.4, -0.2) is 19.1 Å². The van der Waals surface area contributed by atoms with Crippen LogP contribution in [-0.2, 0) is 5.92 Å². The molecule has 0 saturated carbocycles. The normalized spacial score (nSPS) is 12.2. The van der Waals surface area contributed by atoms with Gasteiger partial charge in [0.1, 0.15) is 17.9 Å². The van der Waals surface area contributed by atoms with Gasteiger partial charge in [0.25, 0.3) is 0 Å². The number of rotatable bonds is 5. The van der Waals surface area contributed by atoms with Crippen LogP contribution in [0.3, 0.4) is 0 Å². The molecule has 0 aliphatic carbocycles. The van der Waals surface area contributed by atoms with Crippen LogP contribution in [0.2, 0.25) is 0 Å². The Balaban J connectivity index is 2.95. The number of hydrogen-bond acceptors (Lipinski definition) is 2. The molecule has 2 aromatic carbocycles. The van der Waals surface area contributed by atoms with Crippen molar-refractivity contribution in [1.29, 1.82) is 0 Å². The van der Waals surface area contributed by atoms with Crippen molar-refractivity contribution in [2.45, 2.75) is 25.9 Å². The van der Waals surface area contributed by atoms with E-state index in [0.717, 1.165) is 24.3 Å². The van der Waals surface area contributed by atoms with Crippen molar-refractivity contribution in [3.05, 3.63) is 52.8 Å². The molecule has 2 aromatic rings. The number of aldehydes is 1. The highest BCUT2D eigenvalue weighted by molar-refractivity contribution is 5.86. The van der Waals surface area contributed by atoms with Gasteiger partial charge in [-0.2, -0.15) is 22.0 Å². The third-order valence-corrected chi connectivity index (χ3v) is 3.81. The Kier molecular flexibility index (Phi) is 5.34. The lowest BCUT2D eigenvalue weighted by molar-refractivity contribution is -0.289. The number of carbonyl (C=O) groups is 1. The topological polar surface area (TPSA) is 26.3 Å². The zero-order chi connectivity index (χ0) is 19.7. The van der Waals surface area contributed by atoms with Gasteiger partial charge in [0.05, 0.1) is 6.61 Å². The van der Waals surface area contributed by atoms with Gasteiger partial charge >= 0.3 is 12.1 Å². The third-order valence-electron chi connectivity index (χ3n) is 3.81. The summed E-state index contributed by atoms with van der Waals surface area (Å²) in [6, 6.07) is 4.51. The van der Waals surface area contributed by atoms with Crippen LogP contribution in [0.1, 0.15) is 28.4 Å². The monoisotopic (exact) mass is 376 g/mol. The molecule has 8 heteroatoms. The van der Waals surface area contributed by atoms with Gasteiger partial charge in [0, 0.05) is 22.3 Å². The van der Waals surface area contributed by atoms with Crippen LogP contribution < -0.4 is 4.74 Å². The van der Waals surface area contributed by atoms with Crippen LogP contribution in [0.4, 0.5) is 26.3 Å². The minimum absolute atomic E-state index is 0.0334. The second-order valence-corrected chi connectivity index (χ2v) is 5.47. The summed E-state index contributed by atoms with van der Waals surface area (Å²) in [6.07, 6.45) is -5.71. The average Bonchev–Trinajstić information content (AvgIpc) is 2.56. The molecule has 0 saturated heterocycles. The molecule has 0 amide bonds. The minimum atomic E-state index is -5.89. The summed E-state index contributed by atoms with van der Waals surface area (Å²) in [5.74, 6) is -6.20. The second kappa shape index (κ2) is 7.01. The summed E-state index contributed by atoms with van der Waals surface area (Å²) in [7, 11) is 0. The zero-order valence-electron chi connectivity index (χ0n) is 13.8. The van der Waals surface area contributed by atoms with Crippen LogP contribution in [0, 0.1) is 12.7 Å². The molecule has 0 fully saturated rings. The van der Waals surface area contributed by atoms with Crippen molar-refractivity contribution in [2.24, 2.45) is 0 Å². The molecule has 0 atom stereocenters. The Bertz CT molecular complexity index is 810. The second-order valence-electron chi connectivity index (χ2n) is 5.47. The number of alkyl halides is 5. The van der Waals surface area contributed by atoms with E-state index in [1.807, 2.05) is 0 Å². The number of halogens is 6. The fraction of sp³-hybridized carbons (Fsp3) is 0.278. The SMILES string of the molecule is CCOc1c(C)c(C=O)cc(C(F)(F)C(F)(F)F)c1-c1ccc(F)cc1. The third kappa shape index (κ3) is 3.40. The van der Waals surface area contributed by atoms with E-state index in [0.29, 0.717) is 6.07 Å². The Morgan fingerprint density at radius 1 is 1.08 bits per heavy atom. The first-order chi connectivity index (χ1) is 12.0. The average molecular weight is 376 g/mol. The first kappa shape index (κ1) is 19.8. The molecule has 0 aliphatic heterocycles. The van der Waals surface area contributed by atoms with Crippen LogP contribution in [0.5, 0.6) is 5.75 Å². The number of ether oxygens (including phenoxy) is 1. The van der Waals surface area contributed by atoms with Crippen molar-refractivity contribution in [2.75, 3.05) is 6.61 Å². The molecule has 0 aromatic heterocycles. The van der Waals surface area contributed by atoms with E-state index in [1.54, 1.807) is 0 Å². The van der Waals surface area contributed by atoms with E-state index in [1.165, 1.54) is 13.8 Å². The van der Waals surface area contributed by atoms with Gasteiger partial charge in [-0.05, 0) is 37.6 Å². The van der Waals surface area contributed by atoms with Crippen molar-refractivity contribution in [3.63, 3.8) is 0 Å². The van der Waals surface area contributed by atoms with Gasteiger partial charge in [-0.3, -0.25) is 4.79 Å². The van der Waals surface area contributed by atoms with Gasteiger partial charge in [-0.25, -0.2) is 4.39 Å². The van der Waals surface area contributed by atoms with E-state index < -0.39 is 29.0 Å². The molecule has 0 bridgehead atoms. The minimum Gasteiger partial charge on any atom is -0.493 e. The van der Waals surface area contributed by atoms with E-state index in [2.05, 4.69) is 0 Å². The Labute approximate surface area is 145 Å². The van der Waals surface area contributed by atoms with Gasteiger partial charge < -0.3 is 4.74 Å². The highest BCUT2D eigenvalue weighted by Gasteiger charge is 2.60. The lowest BCUT2D eigenvalue weighted by Crippen LogP contribution is -2.34. The molecule has 2 rings (SSSR count). The Morgan fingerprint density at radius 3 is 2.12 bits per heavy atom. The molecule has 140 valence electrons. The maximum absolute atomic E-state index is 14.2. The Morgan fingerprint density at radius 2 is 1.65 bits per heavy atom. The summed E-state index contributed by atoms with van der Waals surface area (Å²) in [4.78, 5) is 11.2. The summed E-state index contributed by atoms with van der Waals surface area (Å²) in [6.45, 7) is 2.86. The largest absolute Gasteiger partial charge is 0.493 e. The van der Waals surface area contributed by atoms with E-state index in [4.69, 9.17) is 4.74 Å². The van der Waals surface area contributed by atoms with E-state index in [9.17, 15) is 31.1 Å². The van der Waals surface area contributed by atoms with Gasteiger partial charge in [0.15, 0.2) is 0 Å². The number of benzene rings is 2. The predicted molar refractivity (Wildman–Crippen MR) is 83.1 cm³/mol. The smallest absolute Gasteiger partial charge is 0.458 e. The fourth-order valence-corrected chi connectivity index (χ4v) is 2.53. The van der Waals surface area contributed by atoms with Gasteiger partial charge in [-0.15, -0.1) is 0 Å². The maximum atomic E-state index is 14.2. The summed E-state index contributed by atoms with van der Waals surface area (Å²) in [5, 5.41) is 0. The molecule has 0 heterocycles. The molecule has 26 heavy (non-hydrogen) atoms. The maximum Gasteiger partial charge on any atom is 0.458 e. The van der Waals surface area contributed by atoms with Crippen LogP contribution >= 0.6 is 0 Å². The van der Waals surface area contributed by atoms with Gasteiger partial charge in [-0.1, -0.05) is 12.1 Å². The fourth-order valence-electron chi connectivity index (χ4n) is 2.53. The molecule has 0 N–H and O–H groups in total. The van der Waals surface area contributed by atoms with Crippen LogP contribution in [0.15, 0.2) is 30.3 Å². The van der Waals surface area contributed by atoms with Crippen LogP contribution in [0.25, 0.3) is 11.1 Å². The van der Waals surface area contributed by atoms with E-state index >= 15 is 0 Å². The summed E-state index contributed by atoms with van der Waals surface area (Å²) in [5.41, 5.74) is -2.28. The molecule has 0 spiro atoms. The molecule has 0 unspecified atom stereocenters. The standard InChI is InChI=1S/C18H14F6O2/c1-3-26-16-10(2)12(9-25)8-14(17(20,21)18(22,23)24)15(16)11-4-6-13(19)7-5-11/h4-9H,3H2,1-2H3. The van der Waals surface area contributed by atoms with Crippen molar-refractivity contribution in [1.82, 2.24) is 0 Å². The summed E-state index contributed by atoms with van der Waals surface area (Å²) < 4.78 is 85.8. The Hall–Kier alpha value is -2.51. The molecule has 2 nitrogen and oxygen atoms in total. The zero-order valence-corrected chi connectivity index (χ0v) is 13.8. The quantitative estimate of drug-likeness (QED) is 0.497. The number of carbonyl (C=O) groups excluding carboxylic acids is 1. The lowest BCUT2D eigenvalue weighted by Gasteiger charge is -2.26. The highest BCUT2D eigenvalue weighted by atomic mass is 19.4. The highest BCUT2D eigenvalue weighted by Crippen LogP contribution is 2.50. The molecular formula is C18H14F6O2. The molecular weight excluding hydrogens is 362 g/mol. The predicted octanol–water partition coefficient (Wildman–Crippen LogP) is 5.67. The molecule has 0 radical (unpaired) electrons.